The third kappa shape index (κ3) is 4.87. The number of likely N-dealkylation sites (tertiary alicyclic amines) is 1. The molecule has 7 heteroatoms. The second-order valence-corrected chi connectivity index (χ2v) is 7.20. The van der Waals surface area contributed by atoms with Crippen molar-refractivity contribution < 1.29 is 22.7 Å². The molecule has 0 aliphatic carbocycles. The number of carbonyl (C=O) groups is 1. The lowest BCUT2D eigenvalue weighted by molar-refractivity contribution is -0.137. The van der Waals surface area contributed by atoms with E-state index < -0.39 is 23.4 Å². The highest BCUT2D eigenvalue weighted by atomic mass is 19.4. The molecule has 2 N–H and O–H groups in total. The molecule has 1 aromatic rings. The highest BCUT2D eigenvalue weighted by molar-refractivity contribution is 5.68. The van der Waals surface area contributed by atoms with Gasteiger partial charge in [0, 0.05) is 25.0 Å². The number of ether oxygens (including phenoxy) is 1. The normalized spacial score (nSPS) is 22.4. The Bertz CT molecular complexity index is 596. The Balaban J connectivity index is 2.18. The van der Waals surface area contributed by atoms with E-state index in [1.807, 2.05) is 0 Å². The van der Waals surface area contributed by atoms with E-state index in [4.69, 9.17) is 10.5 Å². The van der Waals surface area contributed by atoms with Crippen molar-refractivity contribution in [3.8, 4) is 0 Å². The molecule has 24 heavy (non-hydrogen) atoms. The molecule has 0 radical (unpaired) electrons. The van der Waals surface area contributed by atoms with E-state index in [2.05, 4.69) is 0 Å². The number of halogens is 3. The summed E-state index contributed by atoms with van der Waals surface area (Å²) >= 11 is 0. The molecular formula is C17H23F3N2O2. The van der Waals surface area contributed by atoms with Crippen LogP contribution in [0.15, 0.2) is 24.3 Å². The zero-order valence-corrected chi connectivity index (χ0v) is 14.1. The van der Waals surface area contributed by atoms with Crippen LogP contribution in [0.3, 0.4) is 0 Å². The number of nitrogens with zero attached hydrogens (tertiary/aromatic N) is 1. The molecule has 134 valence electrons. The van der Waals surface area contributed by atoms with Crippen LogP contribution in [0, 0.1) is 0 Å². The van der Waals surface area contributed by atoms with Crippen LogP contribution in [0.1, 0.15) is 44.2 Å². The predicted octanol–water partition coefficient (Wildman–Crippen LogP) is 3.76. The minimum absolute atomic E-state index is 0.247. The van der Waals surface area contributed by atoms with Gasteiger partial charge in [0.2, 0.25) is 0 Å². The molecule has 1 aromatic carbocycles. The van der Waals surface area contributed by atoms with E-state index in [0.29, 0.717) is 25.1 Å². The van der Waals surface area contributed by atoms with Crippen LogP contribution >= 0.6 is 0 Å². The van der Waals surface area contributed by atoms with E-state index in [1.54, 1.807) is 26.8 Å². The molecule has 1 saturated heterocycles. The van der Waals surface area contributed by atoms with Crippen molar-refractivity contribution >= 4 is 6.09 Å². The van der Waals surface area contributed by atoms with Gasteiger partial charge in [-0.25, -0.2) is 4.79 Å². The molecule has 2 atom stereocenters. The number of alkyl halides is 3. The Morgan fingerprint density at radius 3 is 2.50 bits per heavy atom. The van der Waals surface area contributed by atoms with Crippen molar-refractivity contribution in [3.05, 3.63) is 35.4 Å². The summed E-state index contributed by atoms with van der Waals surface area (Å²) < 4.78 is 44.0. The lowest BCUT2D eigenvalue weighted by Gasteiger charge is -2.37. The molecule has 0 aromatic heterocycles. The van der Waals surface area contributed by atoms with Crippen LogP contribution in [0.4, 0.5) is 18.0 Å². The largest absolute Gasteiger partial charge is 0.444 e. The molecule has 1 aliphatic rings. The van der Waals surface area contributed by atoms with Gasteiger partial charge in [-0.15, -0.1) is 0 Å². The van der Waals surface area contributed by atoms with Crippen molar-refractivity contribution in [3.63, 3.8) is 0 Å². The average molecular weight is 344 g/mol. The first-order valence-electron chi connectivity index (χ1n) is 7.86. The summed E-state index contributed by atoms with van der Waals surface area (Å²) in [5.41, 5.74) is 5.22. The monoisotopic (exact) mass is 344 g/mol. The fourth-order valence-electron chi connectivity index (χ4n) is 2.82. The summed E-state index contributed by atoms with van der Waals surface area (Å²) in [5.74, 6) is -0.247. The van der Waals surface area contributed by atoms with Crippen molar-refractivity contribution in [2.45, 2.75) is 50.9 Å². The summed E-state index contributed by atoms with van der Waals surface area (Å²) in [7, 11) is 0. The van der Waals surface area contributed by atoms with Crippen molar-refractivity contribution in [2.75, 3.05) is 13.1 Å². The number of piperidine rings is 1. The van der Waals surface area contributed by atoms with Gasteiger partial charge in [0.1, 0.15) is 5.60 Å². The summed E-state index contributed by atoms with van der Waals surface area (Å²) in [6.07, 6.45) is -4.35. The maximum absolute atomic E-state index is 12.9. The number of amides is 1. The van der Waals surface area contributed by atoms with Gasteiger partial charge in [-0.1, -0.05) is 18.2 Å². The van der Waals surface area contributed by atoms with Crippen molar-refractivity contribution in [2.24, 2.45) is 5.73 Å². The van der Waals surface area contributed by atoms with E-state index in [9.17, 15) is 18.0 Å². The number of carbonyl (C=O) groups excluding carboxylic acids is 1. The zero-order chi connectivity index (χ0) is 18.1. The van der Waals surface area contributed by atoms with Gasteiger partial charge in [0.15, 0.2) is 0 Å². The van der Waals surface area contributed by atoms with Gasteiger partial charge >= 0.3 is 12.3 Å². The zero-order valence-electron chi connectivity index (χ0n) is 14.1. The van der Waals surface area contributed by atoms with Crippen LogP contribution in [-0.4, -0.2) is 35.7 Å². The van der Waals surface area contributed by atoms with E-state index in [0.717, 1.165) is 12.1 Å². The lowest BCUT2D eigenvalue weighted by Crippen LogP contribution is -2.50. The highest BCUT2D eigenvalue weighted by Gasteiger charge is 2.34. The van der Waals surface area contributed by atoms with Gasteiger partial charge in [-0.3, -0.25) is 0 Å². The summed E-state index contributed by atoms with van der Waals surface area (Å²) in [5, 5.41) is 0. The van der Waals surface area contributed by atoms with E-state index >= 15 is 0 Å². The number of rotatable bonds is 1. The third-order valence-corrected chi connectivity index (χ3v) is 3.82. The van der Waals surface area contributed by atoms with Gasteiger partial charge in [0.25, 0.3) is 0 Å². The van der Waals surface area contributed by atoms with Gasteiger partial charge in [-0.2, -0.15) is 13.2 Å². The lowest BCUT2D eigenvalue weighted by atomic mass is 9.87. The SMILES string of the molecule is CC(C)(C)OC(=O)N1C[C@H](N)C[C@H](c2cccc(C(F)(F)F)c2)C1. The molecule has 2 rings (SSSR count). The molecule has 1 amide bonds. The fourth-order valence-corrected chi connectivity index (χ4v) is 2.82. The Morgan fingerprint density at radius 1 is 1.25 bits per heavy atom. The second-order valence-electron chi connectivity index (χ2n) is 7.20. The van der Waals surface area contributed by atoms with E-state index in [-0.39, 0.29) is 12.0 Å². The van der Waals surface area contributed by atoms with Crippen LogP contribution in [0.25, 0.3) is 0 Å². The van der Waals surface area contributed by atoms with Crippen LogP contribution < -0.4 is 5.73 Å². The third-order valence-electron chi connectivity index (χ3n) is 3.82. The van der Waals surface area contributed by atoms with E-state index in [1.165, 1.54) is 11.0 Å². The molecule has 1 aliphatic heterocycles. The van der Waals surface area contributed by atoms with Gasteiger partial charge in [-0.05, 0) is 38.8 Å². The Morgan fingerprint density at radius 2 is 1.92 bits per heavy atom. The Kier molecular flexibility index (Phi) is 5.13. The first kappa shape index (κ1) is 18.6. The first-order chi connectivity index (χ1) is 11.0. The molecule has 0 bridgehead atoms. The smallest absolute Gasteiger partial charge is 0.416 e. The molecule has 0 spiro atoms. The molecule has 4 nitrogen and oxygen atoms in total. The van der Waals surface area contributed by atoms with Gasteiger partial charge < -0.3 is 15.4 Å². The standard InChI is InChI=1S/C17H23F3N2O2/c1-16(2,3)24-15(23)22-9-12(8-14(21)10-22)11-5-4-6-13(7-11)17(18,19)20/h4-7,12,14H,8-10,21H2,1-3H3/t12-,14+/m0/s1. The minimum Gasteiger partial charge on any atom is -0.444 e. The summed E-state index contributed by atoms with van der Waals surface area (Å²) in [6, 6.07) is 4.90. The minimum atomic E-state index is -4.39. The van der Waals surface area contributed by atoms with Crippen LogP contribution in [0.2, 0.25) is 0 Å². The summed E-state index contributed by atoms with van der Waals surface area (Å²) in [4.78, 5) is 13.7. The number of hydrogen-bond donors (Lipinski definition) is 1. The number of benzene rings is 1. The Hall–Kier alpha value is -1.76. The number of hydrogen-bond acceptors (Lipinski definition) is 3. The summed E-state index contributed by atoms with van der Waals surface area (Å²) in [6.45, 7) is 5.92. The average Bonchev–Trinajstić information content (AvgIpc) is 2.44. The fraction of sp³-hybridized carbons (Fsp3) is 0.588. The van der Waals surface area contributed by atoms with Crippen LogP contribution in [-0.2, 0) is 10.9 Å². The molecule has 0 saturated carbocycles. The van der Waals surface area contributed by atoms with Crippen molar-refractivity contribution in [1.29, 1.82) is 0 Å². The quantitative estimate of drug-likeness (QED) is 0.844. The molecule has 0 unspecified atom stereocenters. The first-order valence-corrected chi connectivity index (χ1v) is 7.86. The maximum Gasteiger partial charge on any atom is 0.416 e. The second kappa shape index (κ2) is 6.63. The predicted molar refractivity (Wildman–Crippen MR) is 84.6 cm³/mol. The highest BCUT2D eigenvalue weighted by Crippen LogP contribution is 2.33. The molecule has 1 fully saturated rings. The van der Waals surface area contributed by atoms with Crippen molar-refractivity contribution in [1.82, 2.24) is 4.90 Å². The molecule has 1 heterocycles. The number of nitrogens with two attached hydrogens (primary N) is 1. The maximum atomic E-state index is 12.9. The van der Waals surface area contributed by atoms with Gasteiger partial charge in [0.05, 0.1) is 5.56 Å². The Labute approximate surface area is 139 Å². The van der Waals surface area contributed by atoms with Crippen LogP contribution in [0.5, 0.6) is 0 Å². The molecular weight excluding hydrogens is 321 g/mol. The topological polar surface area (TPSA) is 55.6 Å².